The second-order valence-electron chi connectivity index (χ2n) is 10.6. The molecule has 0 saturated carbocycles. The first-order chi connectivity index (χ1) is 18.2. The lowest BCUT2D eigenvalue weighted by molar-refractivity contribution is -0.210. The Morgan fingerprint density at radius 1 is 1.05 bits per heavy atom. The summed E-state index contributed by atoms with van der Waals surface area (Å²) in [4.78, 5) is 48.6. The Morgan fingerprint density at radius 2 is 1.64 bits per heavy atom. The second-order valence-corrected chi connectivity index (χ2v) is 10.6. The van der Waals surface area contributed by atoms with Gasteiger partial charge in [0.25, 0.3) is 0 Å². The number of amides is 1. The van der Waals surface area contributed by atoms with Gasteiger partial charge in [-0.15, -0.1) is 0 Å². The molecule has 220 valence electrons. The van der Waals surface area contributed by atoms with Crippen LogP contribution in [0.4, 0.5) is 0 Å². The Balaban J connectivity index is 2.47. The van der Waals surface area contributed by atoms with Crippen LogP contribution in [0, 0.1) is 5.92 Å². The topological polar surface area (TPSA) is 151 Å². The molecule has 1 rings (SSSR count). The molecule has 0 aromatic carbocycles. The van der Waals surface area contributed by atoms with Gasteiger partial charge in [0.2, 0.25) is 11.5 Å². The highest BCUT2D eigenvalue weighted by Crippen LogP contribution is 2.33. The van der Waals surface area contributed by atoms with Gasteiger partial charge in [0.15, 0.2) is 5.60 Å². The molecule has 39 heavy (non-hydrogen) atoms. The first-order valence-corrected chi connectivity index (χ1v) is 13.3. The third-order valence-corrected chi connectivity index (χ3v) is 7.21. The van der Waals surface area contributed by atoms with E-state index >= 15 is 0 Å². The van der Waals surface area contributed by atoms with Crippen molar-refractivity contribution in [3.05, 3.63) is 34.9 Å². The van der Waals surface area contributed by atoms with Crippen molar-refractivity contribution < 1.29 is 44.0 Å². The van der Waals surface area contributed by atoms with Gasteiger partial charge in [-0.25, -0.2) is 9.59 Å². The molecule has 0 aromatic heterocycles. The minimum absolute atomic E-state index is 0.158. The molecule has 3 N–H and O–H groups in total. The highest BCUT2D eigenvalue weighted by atomic mass is 16.6. The first kappa shape index (κ1) is 34.0. The minimum atomic E-state index is -2.45. The maximum atomic E-state index is 12.3. The molecule has 0 unspecified atom stereocenters. The number of aliphatic hydroxyl groups is 2. The molecule has 10 nitrogen and oxygen atoms in total. The van der Waals surface area contributed by atoms with Gasteiger partial charge in [0.1, 0.15) is 6.54 Å². The summed E-state index contributed by atoms with van der Waals surface area (Å²) < 4.78 is 9.23. The van der Waals surface area contributed by atoms with Crippen molar-refractivity contribution in [2.75, 3.05) is 27.3 Å². The number of aliphatic carboxylic acids is 1. The van der Waals surface area contributed by atoms with Crippen LogP contribution in [-0.2, 0) is 28.7 Å². The SMILES string of the molecule is COC(=O)[C@@](C)(O)[C@](O)(C[C@H](C)CCC/C(C)=C/CC/C(C)=C/CCC1=CCN(CC(=O)O)C1=O)C(=O)OC. The molecule has 0 aliphatic carbocycles. The summed E-state index contributed by atoms with van der Waals surface area (Å²) in [6.45, 7) is 7.08. The van der Waals surface area contributed by atoms with E-state index in [1.54, 1.807) is 6.08 Å². The summed E-state index contributed by atoms with van der Waals surface area (Å²) in [6.07, 6.45) is 11.3. The third-order valence-electron chi connectivity index (χ3n) is 7.21. The lowest BCUT2D eigenvalue weighted by atomic mass is 9.76. The van der Waals surface area contributed by atoms with Crippen LogP contribution in [0.25, 0.3) is 0 Å². The largest absolute Gasteiger partial charge is 0.480 e. The van der Waals surface area contributed by atoms with E-state index in [0.29, 0.717) is 25.0 Å². The fourth-order valence-electron chi connectivity index (χ4n) is 4.68. The molecule has 0 radical (unpaired) electrons. The molecule has 0 spiro atoms. The first-order valence-electron chi connectivity index (χ1n) is 13.3. The van der Waals surface area contributed by atoms with Crippen LogP contribution in [0.2, 0.25) is 0 Å². The summed E-state index contributed by atoms with van der Waals surface area (Å²) in [7, 11) is 2.15. The molecule has 3 atom stereocenters. The van der Waals surface area contributed by atoms with E-state index < -0.39 is 29.1 Å². The fraction of sp³-hybridized carbons (Fsp3) is 0.655. The second kappa shape index (κ2) is 15.6. The predicted octanol–water partition coefficient (Wildman–Crippen LogP) is 3.32. The Kier molecular flexibility index (Phi) is 13.6. The van der Waals surface area contributed by atoms with Crippen molar-refractivity contribution in [3.8, 4) is 0 Å². The number of ether oxygens (including phenoxy) is 2. The van der Waals surface area contributed by atoms with Crippen LogP contribution in [0.5, 0.6) is 0 Å². The number of esters is 2. The lowest BCUT2D eigenvalue weighted by Crippen LogP contribution is -2.63. The molecule has 1 aliphatic heterocycles. The van der Waals surface area contributed by atoms with Crippen molar-refractivity contribution >= 4 is 23.8 Å². The van der Waals surface area contributed by atoms with Crippen LogP contribution in [-0.4, -0.2) is 82.5 Å². The fourth-order valence-corrected chi connectivity index (χ4v) is 4.68. The van der Waals surface area contributed by atoms with Crippen LogP contribution >= 0.6 is 0 Å². The summed E-state index contributed by atoms with van der Waals surface area (Å²) in [6, 6.07) is 0. The standard InChI is InChI=1S/C29H45NO9/c1-20(10-7-11-21(2)13-9-15-23-16-17-30(25(23)33)19-24(31)32)12-8-14-22(3)18-29(37,27(35)39-6)28(4,36)26(34)38-5/h10,13,16,22,36-37H,7-9,11-12,14-15,17-19H2,1-6H3,(H,31,32)/b20-10+,21-13+/t22-,28-,29+/m1/s1. The number of carboxylic acids is 1. The maximum absolute atomic E-state index is 12.3. The number of carboxylic acid groups (broad SMARTS) is 1. The van der Waals surface area contributed by atoms with Gasteiger partial charge in [-0.1, -0.05) is 42.7 Å². The monoisotopic (exact) mass is 551 g/mol. The average Bonchev–Trinajstić information content (AvgIpc) is 3.20. The molecule has 0 fully saturated rings. The number of carbonyl (C=O) groups excluding carboxylic acids is 3. The quantitative estimate of drug-likeness (QED) is 0.183. The van der Waals surface area contributed by atoms with Gasteiger partial charge >= 0.3 is 17.9 Å². The number of hydrogen-bond donors (Lipinski definition) is 3. The summed E-state index contributed by atoms with van der Waals surface area (Å²) in [5, 5.41) is 30.4. The van der Waals surface area contributed by atoms with Gasteiger partial charge in [-0.2, -0.15) is 0 Å². The smallest absolute Gasteiger partial charge is 0.341 e. The zero-order chi connectivity index (χ0) is 29.8. The van der Waals surface area contributed by atoms with Crippen molar-refractivity contribution in [3.63, 3.8) is 0 Å². The summed E-state index contributed by atoms with van der Waals surface area (Å²) in [5.74, 6) is -3.59. The van der Waals surface area contributed by atoms with E-state index in [1.807, 2.05) is 6.92 Å². The summed E-state index contributed by atoms with van der Waals surface area (Å²) >= 11 is 0. The van der Waals surface area contributed by atoms with Crippen molar-refractivity contribution in [2.45, 2.75) is 90.3 Å². The lowest BCUT2D eigenvalue weighted by Gasteiger charge is -2.37. The zero-order valence-corrected chi connectivity index (χ0v) is 24.1. The van der Waals surface area contributed by atoms with Gasteiger partial charge < -0.3 is 29.7 Å². The molecule has 1 aliphatic rings. The zero-order valence-electron chi connectivity index (χ0n) is 24.1. The Hall–Kier alpha value is -2.98. The van der Waals surface area contributed by atoms with E-state index in [0.717, 1.165) is 53.2 Å². The minimum Gasteiger partial charge on any atom is -0.480 e. The van der Waals surface area contributed by atoms with E-state index in [9.17, 15) is 29.4 Å². The molecule has 0 aromatic rings. The van der Waals surface area contributed by atoms with Gasteiger partial charge in [-0.3, -0.25) is 9.59 Å². The van der Waals surface area contributed by atoms with E-state index in [2.05, 4.69) is 35.5 Å². The van der Waals surface area contributed by atoms with E-state index in [-0.39, 0.29) is 24.8 Å². The van der Waals surface area contributed by atoms with Crippen LogP contribution in [0.3, 0.4) is 0 Å². The highest BCUT2D eigenvalue weighted by molar-refractivity contribution is 5.97. The van der Waals surface area contributed by atoms with Crippen LogP contribution < -0.4 is 0 Å². The van der Waals surface area contributed by atoms with E-state index in [4.69, 9.17) is 5.11 Å². The number of rotatable bonds is 17. The normalized spacial score (nSPS) is 18.2. The van der Waals surface area contributed by atoms with Crippen molar-refractivity contribution in [1.29, 1.82) is 0 Å². The van der Waals surface area contributed by atoms with E-state index in [1.165, 1.54) is 16.0 Å². The van der Waals surface area contributed by atoms with Crippen molar-refractivity contribution in [1.82, 2.24) is 4.90 Å². The predicted molar refractivity (Wildman–Crippen MR) is 146 cm³/mol. The molecule has 1 heterocycles. The molecular weight excluding hydrogens is 506 g/mol. The molecule has 1 amide bonds. The number of hydrogen-bond acceptors (Lipinski definition) is 8. The Morgan fingerprint density at radius 3 is 2.23 bits per heavy atom. The molecule has 0 saturated heterocycles. The summed E-state index contributed by atoms with van der Waals surface area (Å²) in [5.41, 5.74) is -1.76. The Labute approximate surface area is 231 Å². The van der Waals surface area contributed by atoms with Gasteiger partial charge in [0.05, 0.1) is 14.2 Å². The third kappa shape index (κ3) is 9.93. The Bertz CT molecular complexity index is 979. The van der Waals surface area contributed by atoms with Gasteiger partial charge in [-0.05, 0) is 71.6 Å². The van der Waals surface area contributed by atoms with Crippen LogP contribution in [0.1, 0.15) is 79.1 Å². The molecular formula is C29H45NO9. The maximum Gasteiger partial charge on any atom is 0.341 e. The number of methoxy groups -OCH3 is 2. The average molecular weight is 552 g/mol. The highest BCUT2D eigenvalue weighted by Gasteiger charge is 2.58. The number of carbonyl (C=O) groups is 4. The number of nitrogens with zero attached hydrogens (tertiary/aromatic N) is 1. The van der Waals surface area contributed by atoms with Crippen LogP contribution in [0.15, 0.2) is 34.9 Å². The van der Waals surface area contributed by atoms with Gasteiger partial charge in [0, 0.05) is 12.1 Å². The number of allylic oxidation sites excluding steroid dienone is 4. The molecule has 10 heteroatoms. The van der Waals surface area contributed by atoms with Crippen molar-refractivity contribution in [2.24, 2.45) is 5.92 Å². The molecule has 0 bridgehead atoms.